The summed E-state index contributed by atoms with van der Waals surface area (Å²) in [5.41, 5.74) is 1.95. The summed E-state index contributed by atoms with van der Waals surface area (Å²) in [6, 6.07) is 9.16. The third-order valence-electron chi connectivity index (χ3n) is 6.68. The molecule has 0 bridgehead atoms. The van der Waals surface area contributed by atoms with E-state index in [1.54, 1.807) is 49.8 Å². The van der Waals surface area contributed by atoms with Crippen molar-refractivity contribution in [3.8, 4) is 17.2 Å². The van der Waals surface area contributed by atoms with Gasteiger partial charge in [0, 0.05) is 37.5 Å². The number of fused-ring (bicyclic) bond motifs is 1. The zero-order chi connectivity index (χ0) is 26.1. The number of likely N-dealkylation sites (tertiary alicyclic amines) is 1. The number of benzene rings is 2. The lowest BCUT2D eigenvalue weighted by Gasteiger charge is -2.26. The van der Waals surface area contributed by atoms with E-state index in [4.69, 9.17) is 9.47 Å². The fourth-order valence-corrected chi connectivity index (χ4v) is 5.00. The van der Waals surface area contributed by atoms with E-state index in [1.807, 2.05) is 17.7 Å². The van der Waals surface area contributed by atoms with Crippen LogP contribution in [0.15, 0.2) is 60.7 Å². The highest BCUT2D eigenvalue weighted by Gasteiger charge is 2.46. The minimum absolute atomic E-state index is 0.00711. The maximum atomic E-state index is 13.3. The third kappa shape index (κ3) is 4.64. The van der Waals surface area contributed by atoms with Crippen molar-refractivity contribution in [3.05, 3.63) is 77.4 Å². The number of phenolic OH excluding ortho intramolecular Hbond substituents is 1. The Balaban J connectivity index is 1.56. The van der Waals surface area contributed by atoms with Crippen molar-refractivity contribution in [2.75, 3.05) is 13.2 Å². The van der Waals surface area contributed by atoms with Gasteiger partial charge in [0.05, 0.1) is 24.5 Å². The van der Waals surface area contributed by atoms with Gasteiger partial charge in [0.15, 0.2) is 11.5 Å². The molecule has 2 N–H and O–H groups in total. The average Bonchev–Trinajstić information content (AvgIpc) is 3.59. The van der Waals surface area contributed by atoms with Crippen LogP contribution >= 0.6 is 0 Å². The molecule has 2 aromatic carbocycles. The summed E-state index contributed by atoms with van der Waals surface area (Å²) in [5.74, 6) is -0.722. The number of ketones is 1. The number of aryl methyl sites for hydroxylation is 1. The van der Waals surface area contributed by atoms with Gasteiger partial charge in [-0.2, -0.15) is 0 Å². The molecule has 9 heteroatoms. The number of aromatic nitrogens is 2. The quantitative estimate of drug-likeness (QED) is 0.273. The van der Waals surface area contributed by atoms with Crippen LogP contribution in [0.4, 0.5) is 0 Å². The fourth-order valence-electron chi connectivity index (χ4n) is 5.00. The first kappa shape index (κ1) is 24.4. The van der Waals surface area contributed by atoms with Gasteiger partial charge in [-0.15, -0.1) is 0 Å². The zero-order valence-electron chi connectivity index (χ0n) is 20.8. The molecule has 1 fully saturated rings. The Morgan fingerprint density at radius 3 is 2.78 bits per heavy atom. The van der Waals surface area contributed by atoms with Gasteiger partial charge in [0.25, 0.3) is 11.7 Å². The van der Waals surface area contributed by atoms with Crippen LogP contribution in [-0.4, -0.2) is 55.6 Å². The standard InChI is InChI=1S/C28H29N3O6/c1-3-36-23-15-18(5-7-21(23)32)25-24(26(33)19-6-8-22-20(14-19)13-17(2)37-22)27(34)28(35)31(25)11-4-10-30-12-9-29-16-30/h5-9,12,14-17,25,32-33H,3-4,10-11,13H2,1-2H3. The van der Waals surface area contributed by atoms with Crippen LogP contribution in [0.1, 0.15) is 43.0 Å². The smallest absolute Gasteiger partial charge is 0.295 e. The SMILES string of the molecule is CCOc1cc(C2C(=C(O)c3ccc4c(c3)CC(C)O4)C(=O)C(=O)N2CCCn2ccnc2)ccc1O. The van der Waals surface area contributed by atoms with Gasteiger partial charge < -0.3 is 29.2 Å². The van der Waals surface area contributed by atoms with E-state index in [9.17, 15) is 19.8 Å². The number of carbonyl (C=O) groups excluding carboxylic acids is 2. The van der Waals surface area contributed by atoms with Crippen LogP contribution in [-0.2, 0) is 22.6 Å². The lowest BCUT2D eigenvalue weighted by atomic mass is 9.94. The Morgan fingerprint density at radius 1 is 1.19 bits per heavy atom. The van der Waals surface area contributed by atoms with Gasteiger partial charge >= 0.3 is 0 Å². The molecule has 5 rings (SSSR count). The molecule has 3 heterocycles. The van der Waals surface area contributed by atoms with E-state index in [0.29, 0.717) is 37.1 Å². The van der Waals surface area contributed by atoms with Gasteiger partial charge in [0.2, 0.25) is 0 Å². The van der Waals surface area contributed by atoms with Crippen LogP contribution in [0.25, 0.3) is 5.76 Å². The number of imidazole rings is 1. The molecular formula is C28H29N3O6. The molecule has 192 valence electrons. The van der Waals surface area contributed by atoms with Crippen LogP contribution in [0.3, 0.4) is 0 Å². The Bertz CT molecular complexity index is 1360. The first-order chi connectivity index (χ1) is 17.9. The van der Waals surface area contributed by atoms with Crippen LogP contribution in [0.2, 0.25) is 0 Å². The van der Waals surface area contributed by atoms with Crippen LogP contribution in [0.5, 0.6) is 17.2 Å². The van der Waals surface area contributed by atoms with Crippen molar-refractivity contribution in [2.45, 2.75) is 45.4 Å². The second-order valence-electron chi connectivity index (χ2n) is 9.26. The Morgan fingerprint density at radius 2 is 2.03 bits per heavy atom. The Hall–Kier alpha value is -4.27. The Kier molecular flexibility index (Phi) is 6.60. The molecule has 0 spiro atoms. The number of hydrogen-bond donors (Lipinski definition) is 2. The number of hydrogen-bond acceptors (Lipinski definition) is 7. The normalized spacial score (nSPS) is 20.2. The van der Waals surface area contributed by atoms with Crippen molar-refractivity contribution in [1.82, 2.24) is 14.5 Å². The maximum absolute atomic E-state index is 13.3. The zero-order valence-corrected chi connectivity index (χ0v) is 20.8. The van der Waals surface area contributed by atoms with Gasteiger partial charge in [-0.3, -0.25) is 9.59 Å². The van der Waals surface area contributed by atoms with Crippen molar-refractivity contribution < 1.29 is 29.3 Å². The summed E-state index contributed by atoms with van der Waals surface area (Å²) in [7, 11) is 0. The number of ether oxygens (including phenoxy) is 2. The van der Waals surface area contributed by atoms with E-state index >= 15 is 0 Å². The van der Waals surface area contributed by atoms with Gasteiger partial charge in [-0.1, -0.05) is 6.07 Å². The average molecular weight is 504 g/mol. The number of phenols is 1. The molecule has 3 aromatic rings. The van der Waals surface area contributed by atoms with Crippen LogP contribution < -0.4 is 9.47 Å². The predicted molar refractivity (Wildman–Crippen MR) is 135 cm³/mol. The largest absolute Gasteiger partial charge is 0.507 e. The molecule has 2 aliphatic heterocycles. The van der Waals surface area contributed by atoms with E-state index in [-0.39, 0.29) is 35.5 Å². The van der Waals surface area contributed by atoms with Crippen molar-refractivity contribution in [3.63, 3.8) is 0 Å². The molecule has 1 amide bonds. The van der Waals surface area contributed by atoms with E-state index in [0.717, 1.165) is 11.3 Å². The minimum Gasteiger partial charge on any atom is -0.507 e. The molecule has 0 radical (unpaired) electrons. The summed E-state index contributed by atoms with van der Waals surface area (Å²) in [5, 5.41) is 21.6. The third-order valence-corrected chi connectivity index (χ3v) is 6.68. The molecule has 37 heavy (non-hydrogen) atoms. The maximum Gasteiger partial charge on any atom is 0.295 e. The number of nitrogens with zero attached hydrogens (tertiary/aromatic N) is 3. The van der Waals surface area contributed by atoms with Crippen molar-refractivity contribution >= 4 is 17.4 Å². The highest BCUT2D eigenvalue weighted by atomic mass is 16.5. The summed E-state index contributed by atoms with van der Waals surface area (Å²) >= 11 is 0. The summed E-state index contributed by atoms with van der Waals surface area (Å²) in [4.78, 5) is 32.1. The van der Waals surface area contributed by atoms with Gasteiger partial charge in [-0.05, 0) is 61.7 Å². The summed E-state index contributed by atoms with van der Waals surface area (Å²) < 4.78 is 13.2. The molecule has 0 aliphatic carbocycles. The monoisotopic (exact) mass is 503 g/mol. The molecule has 0 saturated carbocycles. The number of Topliss-reactive ketones (excluding diaryl/α,β-unsaturated/α-hetero) is 1. The van der Waals surface area contributed by atoms with Gasteiger partial charge in [-0.25, -0.2) is 4.98 Å². The van der Waals surface area contributed by atoms with Crippen molar-refractivity contribution in [2.24, 2.45) is 0 Å². The Labute approximate surface area is 214 Å². The molecule has 2 atom stereocenters. The predicted octanol–water partition coefficient (Wildman–Crippen LogP) is 3.82. The number of carbonyl (C=O) groups is 2. The molecule has 2 aliphatic rings. The van der Waals surface area contributed by atoms with Crippen molar-refractivity contribution in [1.29, 1.82) is 0 Å². The van der Waals surface area contributed by atoms with E-state index < -0.39 is 17.7 Å². The molecule has 2 unspecified atom stereocenters. The minimum atomic E-state index is -0.842. The van der Waals surface area contributed by atoms with Crippen LogP contribution in [0, 0.1) is 0 Å². The fraction of sp³-hybridized carbons (Fsp3) is 0.321. The second kappa shape index (κ2) is 10.0. The van der Waals surface area contributed by atoms with E-state index in [1.165, 1.54) is 11.0 Å². The number of amides is 1. The second-order valence-corrected chi connectivity index (χ2v) is 9.26. The lowest BCUT2D eigenvalue weighted by Crippen LogP contribution is -2.31. The summed E-state index contributed by atoms with van der Waals surface area (Å²) in [6.07, 6.45) is 6.50. The molecule has 9 nitrogen and oxygen atoms in total. The first-order valence-corrected chi connectivity index (χ1v) is 12.4. The number of aliphatic hydroxyl groups excluding tert-OH is 1. The molecular weight excluding hydrogens is 474 g/mol. The highest BCUT2D eigenvalue weighted by Crippen LogP contribution is 2.42. The summed E-state index contributed by atoms with van der Waals surface area (Å²) in [6.45, 7) is 4.99. The molecule has 1 saturated heterocycles. The van der Waals surface area contributed by atoms with Gasteiger partial charge in [0.1, 0.15) is 17.6 Å². The lowest BCUT2D eigenvalue weighted by molar-refractivity contribution is -0.139. The number of aromatic hydroxyl groups is 1. The number of aliphatic hydroxyl groups is 1. The first-order valence-electron chi connectivity index (χ1n) is 12.4. The molecule has 1 aromatic heterocycles. The van der Waals surface area contributed by atoms with E-state index in [2.05, 4.69) is 4.98 Å². The highest BCUT2D eigenvalue weighted by molar-refractivity contribution is 6.46. The number of rotatable bonds is 8. The topological polar surface area (TPSA) is 114 Å².